The van der Waals surface area contributed by atoms with Crippen LogP contribution in [0.1, 0.15) is 34.6 Å². The molecule has 2 unspecified atom stereocenters. The summed E-state index contributed by atoms with van der Waals surface area (Å²) in [5, 5.41) is 19.1. The molecule has 68 valence electrons. The van der Waals surface area contributed by atoms with Crippen LogP contribution in [0.4, 0.5) is 0 Å². The highest BCUT2D eigenvalue weighted by atomic mass is 16.3. The monoisotopic (exact) mass is 160 g/mol. The molecular formula is C9H20O2. The number of rotatable bonds is 2. The molecule has 0 fully saturated rings. The van der Waals surface area contributed by atoms with Gasteiger partial charge in [-0.2, -0.15) is 0 Å². The van der Waals surface area contributed by atoms with E-state index in [1.54, 1.807) is 0 Å². The molecule has 2 nitrogen and oxygen atoms in total. The summed E-state index contributed by atoms with van der Waals surface area (Å²) in [4.78, 5) is 0. The summed E-state index contributed by atoms with van der Waals surface area (Å²) in [6.07, 6.45) is -1.25. The van der Waals surface area contributed by atoms with Gasteiger partial charge in [0.25, 0.3) is 0 Å². The largest absolute Gasteiger partial charge is 0.390 e. The lowest BCUT2D eigenvalue weighted by Crippen LogP contribution is -2.40. The number of hydrogen-bond donors (Lipinski definition) is 2. The molecule has 0 spiro atoms. The third-order valence-electron chi connectivity index (χ3n) is 1.89. The Balaban J connectivity index is 4.13. The zero-order valence-electron chi connectivity index (χ0n) is 8.13. The summed E-state index contributed by atoms with van der Waals surface area (Å²) >= 11 is 0. The minimum atomic E-state index is -0.637. The molecule has 0 amide bonds. The molecule has 0 rings (SSSR count). The van der Waals surface area contributed by atoms with Crippen molar-refractivity contribution >= 4 is 0 Å². The molecule has 11 heavy (non-hydrogen) atoms. The van der Waals surface area contributed by atoms with E-state index < -0.39 is 12.2 Å². The van der Waals surface area contributed by atoms with Crippen molar-refractivity contribution in [1.29, 1.82) is 0 Å². The van der Waals surface area contributed by atoms with E-state index in [9.17, 15) is 10.2 Å². The Morgan fingerprint density at radius 2 is 1.36 bits per heavy atom. The number of aliphatic hydroxyl groups is 2. The van der Waals surface area contributed by atoms with Gasteiger partial charge < -0.3 is 10.2 Å². The third kappa shape index (κ3) is 3.21. The van der Waals surface area contributed by atoms with Gasteiger partial charge in [0.1, 0.15) is 0 Å². The molecule has 0 aliphatic rings. The maximum absolute atomic E-state index is 9.57. The van der Waals surface area contributed by atoms with Gasteiger partial charge in [-0.1, -0.05) is 34.6 Å². The van der Waals surface area contributed by atoms with Crippen molar-refractivity contribution in [1.82, 2.24) is 0 Å². The molecule has 0 heterocycles. The molecule has 0 aromatic carbocycles. The van der Waals surface area contributed by atoms with Crippen molar-refractivity contribution in [3.63, 3.8) is 0 Å². The van der Waals surface area contributed by atoms with Crippen LogP contribution in [-0.2, 0) is 0 Å². The van der Waals surface area contributed by atoms with E-state index in [2.05, 4.69) is 0 Å². The molecule has 0 saturated carbocycles. The molecule has 2 N–H and O–H groups in total. The predicted octanol–water partition coefficient (Wildman–Crippen LogP) is 1.41. The molecule has 0 aliphatic heterocycles. The van der Waals surface area contributed by atoms with E-state index in [0.29, 0.717) is 0 Å². The molecule has 2 heteroatoms. The van der Waals surface area contributed by atoms with Crippen LogP contribution in [0.2, 0.25) is 0 Å². The molecule has 0 bridgehead atoms. The maximum atomic E-state index is 9.57. The topological polar surface area (TPSA) is 40.5 Å². The average Bonchev–Trinajstić information content (AvgIpc) is 1.82. The van der Waals surface area contributed by atoms with Gasteiger partial charge in [0, 0.05) is 0 Å². The molecular weight excluding hydrogens is 140 g/mol. The standard InChI is InChI=1S/C9H20O2/c1-6(2)7(10)8(11)9(3,4)5/h6-8,10-11H,1-5H3. The second-order valence-corrected chi connectivity index (χ2v) is 4.55. The normalized spacial score (nSPS) is 18.5. The van der Waals surface area contributed by atoms with E-state index in [4.69, 9.17) is 0 Å². The second kappa shape index (κ2) is 3.55. The Morgan fingerprint density at radius 3 is 1.45 bits per heavy atom. The van der Waals surface area contributed by atoms with Gasteiger partial charge in [0.2, 0.25) is 0 Å². The maximum Gasteiger partial charge on any atom is 0.0849 e. The Kier molecular flexibility index (Phi) is 3.52. The molecule has 0 saturated heterocycles. The third-order valence-corrected chi connectivity index (χ3v) is 1.89. The van der Waals surface area contributed by atoms with E-state index >= 15 is 0 Å². The van der Waals surface area contributed by atoms with E-state index in [1.807, 2.05) is 34.6 Å². The van der Waals surface area contributed by atoms with Crippen molar-refractivity contribution in [2.24, 2.45) is 11.3 Å². The lowest BCUT2D eigenvalue weighted by atomic mass is 9.82. The van der Waals surface area contributed by atoms with Gasteiger partial charge in [-0.25, -0.2) is 0 Å². The fourth-order valence-electron chi connectivity index (χ4n) is 0.877. The first kappa shape index (κ1) is 10.9. The zero-order chi connectivity index (χ0) is 9.23. The van der Waals surface area contributed by atoms with Crippen LogP contribution in [0.5, 0.6) is 0 Å². The molecule has 0 radical (unpaired) electrons. The predicted molar refractivity (Wildman–Crippen MR) is 46.3 cm³/mol. The average molecular weight is 160 g/mol. The quantitative estimate of drug-likeness (QED) is 0.641. The van der Waals surface area contributed by atoms with Crippen LogP contribution in [0.3, 0.4) is 0 Å². The van der Waals surface area contributed by atoms with Crippen LogP contribution >= 0.6 is 0 Å². The highest BCUT2D eigenvalue weighted by molar-refractivity contribution is 4.80. The van der Waals surface area contributed by atoms with E-state index in [-0.39, 0.29) is 11.3 Å². The Labute approximate surface area is 69.2 Å². The lowest BCUT2D eigenvalue weighted by molar-refractivity contribution is -0.0639. The van der Waals surface area contributed by atoms with Crippen molar-refractivity contribution in [2.75, 3.05) is 0 Å². The molecule has 0 aromatic rings. The van der Waals surface area contributed by atoms with E-state index in [1.165, 1.54) is 0 Å². The molecule has 0 aliphatic carbocycles. The first-order chi connectivity index (χ1) is 4.76. The summed E-state index contributed by atoms with van der Waals surface area (Å²) in [6, 6.07) is 0. The van der Waals surface area contributed by atoms with Gasteiger partial charge in [-0.15, -0.1) is 0 Å². The summed E-state index contributed by atoms with van der Waals surface area (Å²) in [6.45, 7) is 9.56. The fraction of sp³-hybridized carbons (Fsp3) is 1.00. The summed E-state index contributed by atoms with van der Waals surface area (Å²) < 4.78 is 0. The molecule has 0 aromatic heterocycles. The number of aliphatic hydroxyl groups excluding tert-OH is 2. The van der Waals surface area contributed by atoms with Gasteiger partial charge >= 0.3 is 0 Å². The summed E-state index contributed by atoms with van der Waals surface area (Å²) in [7, 11) is 0. The van der Waals surface area contributed by atoms with Crippen molar-refractivity contribution in [3.8, 4) is 0 Å². The fourth-order valence-corrected chi connectivity index (χ4v) is 0.877. The SMILES string of the molecule is CC(C)C(O)C(O)C(C)(C)C. The smallest absolute Gasteiger partial charge is 0.0849 e. The Bertz CT molecular complexity index is 113. The first-order valence-electron chi connectivity index (χ1n) is 4.13. The van der Waals surface area contributed by atoms with Crippen molar-refractivity contribution in [3.05, 3.63) is 0 Å². The van der Waals surface area contributed by atoms with Gasteiger partial charge in [0.15, 0.2) is 0 Å². The second-order valence-electron chi connectivity index (χ2n) is 4.55. The highest BCUT2D eigenvalue weighted by Crippen LogP contribution is 2.24. The van der Waals surface area contributed by atoms with Gasteiger partial charge in [-0.3, -0.25) is 0 Å². The van der Waals surface area contributed by atoms with Crippen LogP contribution in [0.15, 0.2) is 0 Å². The van der Waals surface area contributed by atoms with E-state index in [0.717, 1.165) is 0 Å². The van der Waals surface area contributed by atoms with Crippen molar-refractivity contribution in [2.45, 2.75) is 46.8 Å². The number of hydrogen-bond acceptors (Lipinski definition) is 2. The van der Waals surface area contributed by atoms with Crippen LogP contribution in [0, 0.1) is 11.3 Å². The molecule has 2 atom stereocenters. The van der Waals surface area contributed by atoms with Crippen molar-refractivity contribution < 1.29 is 10.2 Å². The van der Waals surface area contributed by atoms with Gasteiger partial charge in [0.05, 0.1) is 12.2 Å². The van der Waals surface area contributed by atoms with Crippen LogP contribution < -0.4 is 0 Å². The van der Waals surface area contributed by atoms with Gasteiger partial charge in [-0.05, 0) is 11.3 Å². The van der Waals surface area contributed by atoms with Crippen LogP contribution in [-0.4, -0.2) is 22.4 Å². The summed E-state index contributed by atoms with van der Waals surface area (Å²) in [5.41, 5.74) is -0.232. The Morgan fingerprint density at radius 1 is 1.00 bits per heavy atom. The lowest BCUT2D eigenvalue weighted by Gasteiger charge is -2.31. The first-order valence-corrected chi connectivity index (χ1v) is 4.13. The minimum absolute atomic E-state index is 0.115. The highest BCUT2D eigenvalue weighted by Gasteiger charge is 2.30. The Hall–Kier alpha value is -0.0800. The zero-order valence-corrected chi connectivity index (χ0v) is 8.13. The minimum Gasteiger partial charge on any atom is -0.390 e. The van der Waals surface area contributed by atoms with Crippen LogP contribution in [0.25, 0.3) is 0 Å². The summed E-state index contributed by atoms with van der Waals surface area (Å²) in [5.74, 6) is 0.115.